The van der Waals surface area contributed by atoms with Gasteiger partial charge in [0.1, 0.15) is 11.5 Å². The van der Waals surface area contributed by atoms with E-state index in [0.29, 0.717) is 6.16 Å². The number of para-hydroxylation sites is 2. The van der Waals surface area contributed by atoms with Gasteiger partial charge in [0.15, 0.2) is 0 Å². The van der Waals surface area contributed by atoms with E-state index in [4.69, 9.17) is 9.05 Å². The van der Waals surface area contributed by atoms with Crippen LogP contribution in [0.25, 0.3) is 0 Å². The lowest BCUT2D eigenvalue weighted by atomic mass is 10.0. The Bertz CT molecular complexity index is 826. The Morgan fingerprint density at radius 1 is 0.808 bits per heavy atom. The number of hydrogen-bond acceptors (Lipinski definition) is 3. The Morgan fingerprint density at radius 3 is 1.81 bits per heavy atom. The molecule has 0 heterocycles. The molecule has 3 nitrogen and oxygen atoms in total. The van der Waals surface area contributed by atoms with E-state index in [-0.39, 0.29) is 5.92 Å². The van der Waals surface area contributed by atoms with Gasteiger partial charge >= 0.3 is 0 Å². The third-order valence-corrected chi connectivity index (χ3v) is 5.88. The summed E-state index contributed by atoms with van der Waals surface area (Å²) in [5.41, 5.74) is 0.941. The van der Waals surface area contributed by atoms with E-state index in [2.05, 4.69) is 22.0 Å². The van der Waals surface area contributed by atoms with Gasteiger partial charge in [-0.2, -0.15) is 5.26 Å². The van der Waals surface area contributed by atoms with E-state index in [0.717, 1.165) is 21.5 Å². The first kappa shape index (κ1) is 18.5. The second-order valence-electron chi connectivity index (χ2n) is 5.53. The second-order valence-corrected chi connectivity index (χ2v) is 7.78. The zero-order chi connectivity index (χ0) is 18.2. The fourth-order valence-corrected chi connectivity index (χ4v) is 4.44. The highest BCUT2D eigenvalue weighted by atomic mass is 79.9. The van der Waals surface area contributed by atoms with Crippen molar-refractivity contribution in [1.82, 2.24) is 0 Å². The molecule has 0 saturated carbocycles. The third-order valence-electron chi connectivity index (χ3n) is 3.67. The topological polar surface area (TPSA) is 42.2 Å². The molecule has 1 atom stereocenters. The van der Waals surface area contributed by atoms with Crippen molar-refractivity contribution in [3.05, 3.63) is 95.0 Å². The molecule has 0 aliphatic carbocycles. The standard InChI is InChI=1S/C21H17BrNO2P/c22-21-14-8-7-13-20(21)17(15-23)16-26(24-18-9-3-1-4-10-18)25-19-11-5-2-6-12-19/h1-14,17H,16H2. The Morgan fingerprint density at radius 2 is 1.31 bits per heavy atom. The molecule has 26 heavy (non-hydrogen) atoms. The van der Waals surface area contributed by atoms with E-state index >= 15 is 0 Å². The molecular weight excluding hydrogens is 409 g/mol. The predicted octanol–water partition coefficient (Wildman–Crippen LogP) is 6.53. The largest absolute Gasteiger partial charge is 0.439 e. The lowest BCUT2D eigenvalue weighted by Gasteiger charge is -2.21. The number of nitriles is 1. The van der Waals surface area contributed by atoms with Crippen molar-refractivity contribution < 1.29 is 9.05 Å². The van der Waals surface area contributed by atoms with Crippen molar-refractivity contribution in [2.24, 2.45) is 0 Å². The summed E-state index contributed by atoms with van der Waals surface area (Å²) >= 11 is 3.54. The van der Waals surface area contributed by atoms with Crippen LogP contribution in [-0.2, 0) is 0 Å². The average Bonchev–Trinajstić information content (AvgIpc) is 2.68. The van der Waals surface area contributed by atoms with E-state index in [1.807, 2.05) is 84.9 Å². The van der Waals surface area contributed by atoms with Gasteiger partial charge in [-0.25, -0.2) is 0 Å². The van der Waals surface area contributed by atoms with Gasteiger partial charge in [-0.3, -0.25) is 0 Å². The molecule has 0 fully saturated rings. The molecule has 0 aromatic heterocycles. The van der Waals surface area contributed by atoms with Crippen LogP contribution in [0.1, 0.15) is 11.5 Å². The molecule has 0 aliphatic rings. The molecule has 3 aromatic rings. The smallest absolute Gasteiger partial charge is 0.292 e. The highest BCUT2D eigenvalue weighted by Gasteiger charge is 2.24. The van der Waals surface area contributed by atoms with Gasteiger partial charge in [0.25, 0.3) is 8.38 Å². The molecule has 5 heteroatoms. The summed E-state index contributed by atoms with van der Waals surface area (Å²) in [5.74, 6) is 1.14. The highest BCUT2D eigenvalue weighted by Crippen LogP contribution is 2.44. The van der Waals surface area contributed by atoms with Crippen molar-refractivity contribution in [2.75, 3.05) is 6.16 Å². The summed E-state index contributed by atoms with van der Waals surface area (Å²) < 4.78 is 13.1. The number of rotatable bonds is 7. The normalized spacial score (nSPS) is 11.6. The Labute approximate surface area is 163 Å². The number of halogens is 1. The van der Waals surface area contributed by atoms with Crippen LogP contribution < -0.4 is 9.05 Å². The Hall–Kier alpha value is -2.34. The van der Waals surface area contributed by atoms with Crippen molar-refractivity contribution in [1.29, 1.82) is 5.26 Å². The van der Waals surface area contributed by atoms with E-state index in [9.17, 15) is 5.26 Å². The Balaban J connectivity index is 1.82. The minimum Gasteiger partial charge on any atom is -0.439 e. The molecule has 0 aliphatic heterocycles. The summed E-state index contributed by atoms with van der Waals surface area (Å²) in [6.07, 6.45) is 0.470. The van der Waals surface area contributed by atoms with Gasteiger partial charge in [0.2, 0.25) is 0 Å². The summed E-state index contributed by atoms with van der Waals surface area (Å²) in [5, 5.41) is 9.71. The molecule has 130 valence electrons. The van der Waals surface area contributed by atoms with E-state index in [1.54, 1.807) is 0 Å². The minimum atomic E-state index is -1.34. The van der Waals surface area contributed by atoms with Crippen LogP contribution in [0.5, 0.6) is 11.5 Å². The van der Waals surface area contributed by atoms with Crippen molar-refractivity contribution in [2.45, 2.75) is 5.92 Å². The molecule has 0 amide bonds. The molecular formula is C21H17BrNO2P. The molecule has 3 rings (SSSR count). The average molecular weight is 426 g/mol. The van der Waals surface area contributed by atoms with Gasteiger partial charge in [-0.05, 0) is 35.9 Å². The predicted molar refractivity (Wildman–Crippen MR) is 108 cm³/mol. The molecule has 1 unspecified atom stereocenters. The fourth-order valence-electron chi connectivity index (χ4n) is 2.41. The van der Waals surface area contributed by atoms with Crippen molar-refractivity contribution in [3.8, 4) is 17.6 Å². The van der Waals surface area contributed by atoms with Gasteiger partial charge in [-0.1, -0.05) is 70.5 Å². The SMILES string of the molecule is N#CC(CP(Oc1ccccc1)Oc1ccccc1)c1ccccc1Br. The molecule has 0 bridgehead atoms. The van der Waals surface area contributed by atoms with E-state index < -0.39 is 8.38 Å². The molecule has 3 aromatic carbocycles. The summed E-state index contributed by atoms with van der Waals surface area (Å²) in [7, 11) is -1.34. The number of benzene rings is 3. The van der Waals surface area contributed by atoms with Crippen molar-refractivity contribution in [3.63, 3.8) is 0 Å². The van der Waals surface area contributed by atoms with Crippen LogP contribution in [0.3, 0.4) is 0 Å². The first-order chi connectivity index (χ1) is 12.8. The minimum absolute atomic E-state index is 0.330. The summed E-state index contributed by atoms with van der Waals surface area (Å²) in [4.78, 5) is 0. The van der Waals surface area contributed by atoms with Crippen LogP contribution in [-0.4, -0.2) is 6.16 Å². The van der Waals surface area contributed by atoms with Crippen LogP contribution in [0.4, 0.5) is 0 Å². The summed E-state index contributed by atoms with van der Waals surface area (Å²) in [6, 6.07) is 29.3. The van der Waals surface area contributed by atoms with Gasteiger partial charge in [-0.15, -0.1) is 0 Å². The molecule has 0 spiro atoms. The van der Waals surface area contributed by atoms with Gasteiger partial charge in [0, 0.05) is 4.47 Å². The van der Waals surface area contributed by atoms with E-state index in [1.165, 1.54) is 0 Å². The highest BCUT2D eigenvalue weighted by molar-refractivity contribution is 9.10. The second kappa shape index (κ2) is 9.38. The zero-order valence-corrected chi connectivity index (χ0v) is 16.4. The zero-order valence-electron chi connectivity index (χ0n) is 14.0. The Kier molecular flexibility index (Phi) is 6.66. The van der Waals surface area contributed by atoms with Gasteiger partial charge < -0.3 is 9.05 Å². The molecule has 0 saturated heterocycles. The van der Waals surface area contributed by atoms with Crippen molar-refractivity contribution >= 4 is 24.3 Å². The third kappa shape index (κ3) is 5.08. The lowest BCUT2D eigenvalue weighted by Crippen LogP contribution is -2.08. The monoisotopic (exact) mass is 425 g/mol. The fraction of sp³-hybridized carbons (Fsp3) is 0.0952. The molecule has 0 N–H and O–H groups in total. The quantitative estimate of drug-likeness (QED) is 0.404. The lowest BCUT2D eigenvalue weighted by molar-refractivity contribution is 0.487. The first-order valence-electron chi connectivity index (χ1n) is 8.14. The van der Waals surface area contributed by atoms with Crippen LogP contribution in [0.2, 0.25) is 0 Å². The number of nitrogens with zero attached hydrogens (tertiary/aromatic N) is 1. The van der Waals surface area contributed by atoms with Crippen LogP contribution >= 0.6 is 24.3 Å². The van der Waals surface area contributed by atoms with Crippen LogP contribution in [0, 0.1) is 11.3 Å². The first-order valence-corrected chi connectivity index (χ1v) is 10.3. The molecule has 0 radical (unpaired) electrons. The van der Waals surface area contributed by atoms with Gasteiger partial charge in [0.05, 0.1) is 18.1 Å². The maximum Gasteiger partial charge on any atom is 0.292 e. The summed E-state index contributed by atoms with van der Waals surface area (Å²) in [6.45, 7) is 0. The number of hydrogen-bond donors (Lipinski definition) is 0. The maximum absolute atomic E-state index is 9.71. The van der Waals surface area contributed by atoms with Crippen LogP contribution in [0.15, 0.2) is 89.4 Å². The maximum atomic E-state index is 9.71.